The van der Waals surface area contributed by atoms with Gasteiger partial charge in [-0.25, -0.2) is 0 Å². The number of nitrogens with one attached hydrogen (secondary N) is 2. The van der Waals surface area contributed by atoms with Crippen molar-refractivity contribution >= 4 is 9.39 Å². The van der Waals surface area contributed by atoms with Gasteiger partial charge in [0.15, 0.2) is 0 Å². The predicted molar refractivity (Wildman–Crippen MR) is 45.7 cm³/mol. The average Bonchev–Trinajstić information content (AvgIpc) is 2.19. The molecule has 1 aliphatic carbocycles. The average molecular weight is 158 g/mol. The topological polar surface area (TPSA) is 24.1 Å². The lowest BCUT2D eigenvalue weighted by atomic mass is 9.95. The van der Waals surface area contributed by atoms with Crippen molar-refractivity contribution in [3.05, 3.63) is 0 Å². The number of piperidine rings is 1. The van der Waals surface area contributed by atoms with Gasteiger partial charge >= 0.3 is 0 Å². The Hall–Kier alpha value is 0.350. The fourth-order valence-corrected chi connectivity index (χ4v) is 2.90. The molecule has 0 aromatic carbocycles. The maximum Gasteiger partial charge on any atom is 0.0180 e. The van der Waals surface area contributed by atoms with Crippen molar-refractivity contribution in [3.8, 4) is 0 Å². The first-order valence-corrected chi connectivity index (χ1v) is 4.66. The molecule has 0 aromatic heterocycles. The molecule has 0 spiro atoms. The van der Waals surface area contributed by atoms with E-state index in [-0.39, 0.29) is 0 Å². The van der Waals surface area contributed by atoms with Crippen molar-refractivity contribution in [2.45, 2.75) is 18.9 Å². The highest BCUT2D eigenvalue weighted by atomic mass is 31.0. The zero-order valence-electron chi connectivity index (χ0n) is 6.14. The third-order valence-corrected chi connectivity index (χ3v) is 3.31. The monoisotopic (exact) mass is 158 g/mol. The minimum absolute atomic E-state index is 0.784. The molecule has 2 aliphatic rings. The summed E-state index contributed by atoms with van der Waals surface area (Å²) in [5.41, 5.74) is 0. The minimum atomic E-state index is 0.784. The highest BCUT2D eigenvalue weighted by molar-refractivity contribution is 7.13. The SMILES string of the molecule is PN[C@@H]1[C@@H]2CC[C@H]1CNC2. The summed E-state index contributed by atoms with van der Waals surface area (Å²) in [7, 11) is 2.66. The molecule has 3 heteroatoms. The van der Waals surface area contributed by atoms with Crippen molar-refractivity contribution < 1.29 is 0 Å². The number of hydrogen-bond donors (Lipinski definition) is 2. The van der Waals surface area contributed by atoms with Crippen LogP contribution in [0.15, 0.2) is 0 Å². The fourth-order valence-electron chi connectivity index (χ4n) is 2.36. The van der Waals surface area contributed by atoms with E-state index in [1.54, 1.807) is 0 Å². The fraction of sp³-hybridized carbons (Fsp3) is 1.00. The van der Waals surface area contributed by atoms with Gasteiger partial charge in [-0.3, -0.25) is 5.09 Å². The Balaban J connectivity index is 2.06. The molecule has 10 heavy (non-hydrogen) atoms. The first-order chi connectivity index (χ1) is 4.92. The zero-order chi connectivity index (χ0) is 6.97. The second kappa shape index (κ2) is 2.77. The van der Waals surface area contributed by atoms with Crippen LogP contribution in [0.2, 0.25) is 0 Å². The third-order valence-electron chi connectivity index (χ3n) is 2.93. The standard InChI is InChI=1S/C7H15N2P/c10-9-7-5-1-2-6(7)4-8-3-5/h5-9H,1-4,10H2/t5-,6+,7-. The third kappa shape index (κ3) is 0.990. The molecule has 2 N–H and O–H groups in total. The van der Waals surface area contributed by atoms with Crippen LogP contribution >= 0.6 is 9.39 Å². The van der Waals surface area contributed by atoms with Crippen LogP contribution in [0.1, 0.15) is 12.8 Å². The molecule has 4 atom stereocenters. The van der Waals surface area contributed by atoms with E-state index in [0.717, 1.165) is 17.9 Å². The lowest BCUT2D eigenvalue weighted by Crippen LogP contribution is -2.46. The van der Waals surface area contributed by atoms with E-state index in [2.05, 4.69) is 19.8 Å². The van der Waals surface area contributed by atoms with Gasteiger partial charge < -0.3 is 5.32 Å². The molecule has 0 radical (unpaired) electrons. The highest BCUT2D eigenvalue weighted by Crippen LogP contribution is 2.33. The molecule has 58 valence electrons. The molecule has 2 fully saturated rings. The van der Waals surface area contributed by atoms with Crippen molar-refractivity contribution in [1.82, 2.24) is 10.4 Å². The Labute approximate surface area is 64.4 Å². The Morgan fingerprint density at radius 3 is 2.20 bits per heavy atom. The van der Waals surface area contributed by atoms with Crippen LogP contribution in [-0.4, -0.2) is 19.1 Å². The number of fused-ring (bicyclic) bond motifs is 2. The van der Waals surface area contributed by atoms with E-state index in [1.165, 1.54) is 25.9 Å². The number of hydrogen-bond acceptors (Lipinski definition) is 2. The van der Waals surface area contributed by atoms with Gasteiger partial charge in [-0.2, -0.15) is 0 Å². The van der Waals surface area contributed by atoms with Gasteiger partial charge in [-0.15, -0.1) is 0 Å². The second-order valence-corrected chi connectivity index (χ2v) is 3.78. The molecule has 1 aliphatic heterocycles. The summed E-state index contributed by atoms with van der Waals surface area (Å²) in [6.07, 6.45) is 2.84. The van der Waals surface area contributed by atoms with Gasteiger partial charge in [0.2, 0.25) is 0 Å². The van der Waals surface area contributed by atoms with Crippen LogP contribution in [0.3, 0.4) is 0 Å². The van der Waals surface area contributed by atoms with Crippen LogP contribution < -0.4 is 10.4 Å². The van der Waals surface area contributed by atoms with Crippen molar-refractivity contribution in [3.63, 3.8) is 0 Å². The molecule has 2 nitrogen and oxygen atoms in total. The summed E-state index contributed by atoms with van der Waals surface area (Å²) in [4.78, 5) is 0. The normalized spacial score (nSPS) is 45.9. The summed E-state index contributed by atoms with van der Waals surface area (Å²) in [6, 6.07) is 0.784. The molecular weight excluding hydrogens is 143 g/mol. The summed E-state index contributed by atoms with van der Waals surface area (Å²) in [5, 5.41) is 6.80. The van der Waals surface area contributed by atoms with Crippen molar-refractivity contribution in [2.24, 2.45) is 11.8 Å². The zero-order valence-corrected chi connectivity index (χ0v) is 7.29. The Bertz CT molecular complexity index is 113. The Morgan fingerprint density at radius 2 is 1.80 bits per heavy atom. The highest BCUT2D eigenvalue weighted by Gasteiger charge is 2.37. The summed E-state index contributed by atoms with van der Waals surface area (Å²) >= 11 is 0. The summed E-state index contributed by atoms with van der Waals surface area (Å²) in [6.45, 7) is 2.45. The molecule has 0 amide bonds. The molecule has 2 rings (SSSR count). The molecule has 1 unspecified atom stereocenters. The molecule has 1 saturated carbocycles. The number of rotatable bonds is 1. The van der Waals surface area contributed by atoms with E-state index >= 15 is 0 Å². The molecule has 2 bridgehead atoms. The Morgan fingerprint density at radius 1 is 1.20 bits per heavy atom. The maximum absolute atomic E-state index is 3.46. The molecule has 1 saturated heterocycles. The van der Waals surface area contributed by atoms with Crippen LogP contribution in [-0.2, 0) is 0 Å². The minimum Gasteiger partial charge on any atom is -0.316 e. The Kier molecular flexibility index (Phi) is 1.94. The molecule has 1 heterocycles. The molecular formula is C7H15N2P. The van der Waals surface area contributed by atoms with Gasteiger partial charge in [0.1, 0.15) is 0 Å². The van der Waals surface area contributed by atoms with E-state index in [9.17, 15) is 0 Å². The van der Waals surface area contributed by atoms with E-state index in [1.807, 2.05) is 0 Å². The van der Waals surface area contributed by atoms with Gasteiger partial charge in [0, 0.05) is 6.04 Å². The lowest BCUT2D eigenvalue weighted by molar-refractivity contribution is 0.308. The van der Waals surface area contributed by atoms with Gasteiger partial charge in [0.05, 0.1) is 0 Å². The largest absolute Gasteiger partial charge is 0.316 e. The van der Waals surface area contributed by atoms with Crippen LogP contribution in [0.4, 0.5) is 0 Å². The van der Waals surface area contributed by atoms with Crippen molar-refractivity contribution in [2.75, 3.05) is 13.1 Å². The lowest BCUT2D eigenvalue weighted by Gasteiger charge is -2.30. The van der Waals surface area contributed by atoms with Crippen LogP contribution in [0, 0.1) is 11.8 Å². The van der Waals surface area contributed by atoms with Gasteiger partial charge in [-0.1, -0.05) is 9.39 Å². The van der Waals surface area contributed by atoms with Crippen LogP contribution in [0.5, 0.6) is 0 Å². The van der Waals surface area contributed by atoms with Gasteiger partial charge in [0.25, 0.3) is 0 Å². The van der Waals surface area contributed by atoms with E-state index in [4.69, 9.17) is 0 Å². The summed E-state index contributed by atoms with van der Waals surface area (Å²) < 4.78 is 0. The van der Waals surface area contributed by atoms with Crippen LogP contribution in [0.25, 0.3) is 0 Å². The summed E-state index contributed by atoms with van der Waals surface area (Å²) in [5.74, 6) is 1.80. The van der Waals surface area contributed by atoms with E-state index < -0.39 is 0 Å². The second-order valence-electron chi connectivity index (χ2n) is 3.45. The van der Waals surface area contributed by atoms with Gasteiger partial charge in [-0.05, 0) is 37.8 Å². The maximum atomic E-state index is 3.46. The molecule has 0 aromatic rings. The first-order valence-electron chi connectivity index (χ1n) is 4.08. The quantitative estimate of drug-likeness (QED) is 0.538. The van der Waals surface area contributed by atoms with Crippen molar-refractivity contribution in [1.29, 1.82) is 0 Å². The predicted octanol–water partition coefficient (Wildman–Crippen LogP) is 0.364. The first kappa shape index (κ1) is 7.02. The van der Waals surface area contributed by atoms with E-state index in [0.29, 0.717) is 0 Å². The smallest absolute Gasteiger partial charge is 0.0180 e.